The average Bonchev–Trinajstić information content (AvgIpc) is 1.81. The molecule has 0 rings (SSSR count). The molecule has 0 fully saturated rings. The predicted octanol–water partition coefficient (Wildman–Crippen LogP) is 2.71. The molecule has 1 nitrogen and oxygen atoms in total. The number of nitrogens with two attached hydrogens (primary N) is 1. The molecular weight excluding hydrogens is 142 g/mol. The Balaban J connectivity index is 3.99. The van der Waals surface area contributed by atoms with Crippen molar-refractivity contribution in [1.82, 2.24) is 0 Å². The van der Waals surface area contributed by atoms with Gasteiger partial charge in [-0.05, 0) is 17.7 Å². The van der Waals surface area contributed by atoms with Crippen molar-refractivity contribution in [3.8, 4) is 0 Å². The fraction of sp³-hybridized carbons (Fsp3) is 0.500. The van der Waals surface area contributed by atoms with Crippen molar-refractivity contribution in [2.24, 2.45) is 11.7 Å². The second-order valence-corrected chi connectivity index (χ2v) is 3.90. The van der Waals surface area contributed by atoms with Crippen molar-refractivity contribution in [2.45, 2.75) is 20.8 Å². The van der Waals surface area contributed by atoms with Gasteiger partial charge in [0, 0.05) is 11.1 Å². The normalized spacial score (nSPS) is 12.2. The van der Waals surface area contributed by atoms with Crippen LogP contribution in [-0.2, 0) is 0 Å². The molecule has 0 saturated heterocycles. The third-order valence-corrected chi connectivity index (χ3v) is 2.22. The minimum atomic E-state index is 0.506. The lowest BCUT2D eigenvalue weighted by Crippen LogP contribution is -1.93. The van der Waals surface area contributed by atoms with Crippen LogP contribution in [0.4, 0.5) is 0 Å². The number of hydrogen-bond donors (Lipinski definition) is 1. The smallest absolute Gasteiger partial charge is 0.00741 e. The van der Waals surface area contributed by atoms with Crippen molar-refractivity contribution in [2.75, 3.05) is 0 Å². The topological polar surface area (TPSA) is 26.0 Å². The molecule has 0 radical (unpaired) electrons. The number of allylic oxidation sites excluding steroid dienone is 2. The summed E-state index contributed by atoms with van der Waals surface area (Å²) in [6, 6.07) is 0. The number of rotatable bonds is 3. The Hall–Kier alpha value is -0.370. The van der Waals surface area contributed by atoms with Crippen LogP contribution in [0.25, 0.3) is 0 Å². The fourth-order valence-corrected chi connectivity index (χ4v) is 1.25. The maximum Gasteiger partial charge on any atom is 0.00741 e. The summed E-state index contributed by atoms with van der Waals surface area (Å²) in [6.45, 7) is 10.0. The highest BCUT2D eigenvalue weighted by Crippen LogP contribution is 2.28. The molecule has 0 aliphatic heterocycles. The van der Waals surface area contributed by atoms with Crippen LogP contribution in [0.15, 0.2) is 22.6 Å². The monoisotopic (exact) mass is 157 g/mol. The van der Waals surface area contributed by atoms with Gasteiger partial charge in [0.05, 0.1) is 0 Å². The van der Waals surface area contributed by atoms with Gasteiger partial charge in [-0.3, -0.25) is 0 Å². The van der Waals surface area contributed by atoms with Crippen LogP contribution in [-0.4, -0.2) is 0 Å². The summed E-state index contributed by atoms with van der Waals surface area (Å²) in [5, 5.41) is 0. The Kier molecular flexibility index (Phi) is 4.28. The van der Waals surface area contributed by atoms with Crippen molar-refractivity contribution in [3.63, 3.8) is 0 Å². The summed E-state index contributed by atoms with van der Waals surface area (Å²) in [5.41, 5.74) is 5.40. The summed E-state index contributed by atoms with van der Waals surface area (Å²) in [4.78, 5) is 2.28. The SMILES string of the molecule is C=C(C)S/C(=C\N)C(C)C. The predicted molar refractivity (Wildman–Crippen MR) is 49.5 cm³/mol. The minimum absolute atomic E-state index is 0.506. The first-order valence-corrected chi connectivity index (χ1v) is 4.14. The Morgan fingerprint density at radius 1 is 1.60 bits per heavy atom. The van der Waals surface area contributed by atoms with Crippen molar-refractivity contribution in [3.05, 3.63) is 22.6 Å². The van der Waals surface area contributed by atoms with Gasteiger partial charge < -0.3 is 5.73 Å². The molecule has 0 aromatic heterocycles. The van der Waals surface area contributed by atoms with Crippen LogP contribution in [0.3, 0.4) is 0 Å². The highest BCUT2D eigenvalue weighted by atomic mass is 32.2. The summed E-state index contributed by atoms with van der Waals surface area (Å²) < 4.78 is 0. The molecule has 58 valence electrons. The van der Waals surface area contributed by atoms with Crippen LogP contribution >= 0.6 is 11.8 Å². The number of hydrogen-bond acceptors (Lipinski definition) is 2. The van der Waals surface area contributed by atoms with Gasteiger partial charge in [0.1, 0.15) is 0 Å². The molecule has 0 heterocycles. The van der Waals surface area contributed by atoms with E-state index < -0.39 is 0 Å². The lowest BCUT2D eigenvalue weighted by molar-refractivity contribution is 0.814. The van der Waals surface area contributed by atoms with Crippen LogP contribution < -0.4 is 5.73 Å². The zero-order valence-electron chi connectivity index (χ0n) is 6.85. The van der Waals surface area contributed by atoms with Crippen LogP contribution in [0.2, 0.25) is 0 Å². The average molecular weight is 157 g/mol. The van der Waals surface area contributed by atoms with E-state index in [1.54, 1.807) is 18.0 Å². The van der Waals surface area contributed by atoms with Gasteiger partial charge in [0.15, 0.2) is 0 Å². The molecule has 0 bridgehead atoms. The van der Waals surface area contributed by atoms with E-state index >= 15 is 0 Å². The molecular formula is C8H15NS. The van der Waals surface area contributed by atoms with Crippen molar-refractivity contribution in [1.29, 1.82) is 0 Å². The van der Waals surface area contributed by atoms with Crippen molar-refractivity contribution >= 4 is 11.8 Å². The minimum Gasteiger partial charge on any atom is -0.404 e. The van der Waals surface area contributed by atoms with Gasteiger partial charge in [-0.1, -0.05) is 32.2 Å². The van der Waals surface area contributed by atoms with E-state index in [0.717, 1.165) is 4.91 Å². The zero-order valence-corrected chi connectivity index (χ0v) is 7.66. The van der Waals surface area contributed by atoms with E-state index in [1.807, 2.05) is 6.92 Å². The first-order valence-electron chi connectivity index (χ1n) is 3.33. The zero-order chi connectivity index (χ0) is 8.15. The van der Waals surface area contributed by atoms with Gasteiger partial charge >= 0.3 is 0 Å². The second kappa shape index (κ2) is 4.45. The summed E-state index contributed by atoms with van der Waals surface area (Å²) in [7, 11) is 0. The van der Waals surface area contributed by atoms with E-state index in [4.69, 9.17) is 5.73 Å². The van der Waals surface area contributed by atoms with Crippen LogP contribution in [0, 0.1) is 5.92 Å². The molecule has 0 aromatic carbocycles. The van der Waals surface area contributed by atoms with E-state index in [0.29, 0.717) is 5.92 Å². The Bertz CT molecular complexity index is 147. The molecule has 10 heavy (non-hydrogen) atoms. The van der Waals surface area contributed by atoms with Crippen LogP contribution in [0.1, 0.15) is 20.8 Å². The van der Waals surface area contributed by atoms with E-state index in [-0.39, 0.29) is 0 Å². The molecule has 2 N–H and O–H groups in total. The van der Waals surface area contributed by atoms with Gasteiger partial charge in [-0.15, -0.1) is 0 Å². The van der Waals surface area contributed by atoms with Gasteiger partial charge in [-0.2, -0.15) is 0 Å². The largest absolute Gasteiger partial charge is 0.404 e. The fourth-order valence-electron chi connectivity index (χ4n) is 0.546. The standard InChI is InChI=1S/C8H15NS/c1-6(2)8(5-9)10-7(3)4/h5-6H,3,9H2,1-2,4H3/b8-5-. The molecule has 0 spiro atoms. The van der Waals surface area contributed by atoms with Gasteiger partial charge in [0.25, 0.3) is 0 Å². The summed E-state index contributed by atoms with van der Waals surface area (Å²) >= 11 is 1.65. The first-order chi connectivity index (χ1) is 4.57. The molecule has 0 aliphatic carbocycles. The maximum atomic E-state index is 5.40. The molecule has 0 saturated carbocycles. The highest BCUT2D eigenvalue weighted by Gasteiger charge is 2.02. The molecule has 0 aromatic rings. The maximum absolute atomic E-state index is 5.40. The molecule has 0 aliphatic rings. The molecule has 0 amide bonds. The van der Waals surface area contributed by atoms with Gasteiger partial charge in [0.2, 0.25) is 0 Å². The van der Waals surface area contributed by atoms with Gasteiger partial charge in [-0.25, -0.2) is 0 Å². The third kappa shape index (κ3) is 3.62. The number of thioether (sulfide) groups is 1. The van der Waals surface area contributed by atoms with Crippen molar-refractivity contribution < 1.29 is 0 Å². The van der Waals surface area contributed by atoms with E-state index in [1.165, 1.54) is 4.91 Å². The quantitative estimate of drug-likeness (QED) is 0.681. The molecule has 0 atom stereocenters. The summed E-state index contributed by atoms with van der Waals surface area (Å²) in [5.74, 6) is 0.506. The lowest BCUT2D eigenvalue weighted by Gasteiger charge is -2.08. The first kappa shape index (κ1) is 9.63. The summed E-state index contributed by atoms with van der Waals surface area (Å²) in [6.07, 6.45) is 1.66. The molecule has 2 heteroatoms. The van der Waals surface area contributed by atoms with E-state index in [2.05, 4.69) is 20.4 Å². The lowest BCUT2D eigenvalue weighted by atomic mass is 10.2. The second-order valence-electron chi connectivity index (χ2n) is 2.53. The Labute approximate surface area is 67.4 Å². The highest BCUT2D eigenvalue weighted by molar-refractivity contribution is 8.06. The molecule has 0 unspecified atom stereocenters. The Morgan fingerprint density at radius 2 is 2.10 bits per heavy atom. The third-order valence-electron chi connectivity index (χ3n) is 1.03. The van der Waals surface area contributed by atoms with Crippen LogP contribution in [0.5, 0.6) is 0 Å². The van der Waals surface area contributed by atoms with E-state index in [9.17, 15) is 0 Å². The Morgan fingerprint density at radius 3 is 2.20 bits per heavy atom.